The summed E-state index contributed by atoms with van der Waals surface area (Å²) in [5, 5.41) is 7.74. The largest absolute Gasteiger partial charge is 0.309 e. The predicted molar refractivity (Wildman–Crippen MR) is 193 cm³/mol. The molecule has 0 saturated heterocycles. The van der Waals surface area contributed by atoms with Gasteiger partial charge in [-0.15, -0.1) is 11.3 Å². The van der Waals surface area contributed by atoms with Crippen LogP contribution in [-0.4, -0.2) is 9.13 Å². The van der Waals surface area contributed by atoms with E-state index >= 15 is 0 Å². The number of benzene rings is 7. The van der Waals surface area contributed by atoms with E-state index in [1.807, 2.05) is 11.3 Å². The van der Waals surface area contributed by atoms with E-state index in [-0.39, 0.29) is 0 Å². The predicted octanol–water partition coefficient (Wildman–Crippen LogP) is 11.9. The third-order valence-electron chi connectivity index (χ3n) is 9.32. The molecule has 3 aromatic heterocycles. The fourth-order valence-electron chi connectivity index (χ4n) is 7.54. The van der Waals surface area contributed by atoms with E-state index in [9.17, 15) is 0 Å². The van der Waals surface area contributed by atoms with Gasteiger partial charge in [0.05, 0.1) is 27.8 Å². The summed E-state index contributed by atoms with van der Waals surface area (Å²) >= 11 is 1.88. The quantitative estimate of drug-likeness (QED) is 0.194. The molecule has 0 saturated carbocycles. The van der Waals surface area contributed by atoms with E-state index in [4.69, 9.17) is 0 Å². The first kappa shape index (κ1) is 24.8. The lowest BCUT2D eigenvalue weighted by Crippen LogP contribution is -1.96. The summed E-state index contributed by atoms with van der Waals surface area (Å²) in [7, 11) is 0. The lowest BCUT2D eigenvalue weighted by molar-refractivity contribution is 1.17. The van der Waals surface area contributed by atoms with Crippen LogP contribution in [-0.2, 0) is 0 Å². The molecule has 10 aromatic rings. The van der Waals surface area contributed by atoms with Crippen molar-refractivity contribution in [1.29, 1.82) is 0 Å². The summed E-state index contributed by atoms with van der Waals surface area (Å²) in [5.74, 6) is 0. The number of hydrogen-bond donors (Lipinski definition) is 0. The monoisotopic (exact) mass is 590 g/mol. The number of thiophene rings is 1. The minimum absolute atomic E-state index is 1.17. The van der Waals surface area contributed by atoms with E-state index in [2.05, 4.69) is 167 Å². The summed E-state index contributed by atoms with van der Waals surface area (Å²) < 4.78 is 7.55. The molecule has 10 rings (SSSR count). The molecule has 210 valence electrons. The van der Waals surface area contributed by atoms with E-state index in [0.717, 1.165) is 0 Å². The molecule has 0 aliphatic heterocycles. The molecule has 0 bridgehead atoms. The van der Waals surface area contributed by atoms with Crippen LogP contribution in [0.2, 0.25) is 0 Å². The van der Waals surface area contributed by atoms with Gasteiger partial charge >= 0.3 is 0 Å². The van der Waals surface area contributed by atoms with Crippen molar-refractivity contribution in [2.45, 2.75) is 0 Å². The summed E-state index contributed by atoms with van der Waals surface area (Å²) in [6, 6.07) is 57.6. The highest BCUT2D eigenvalue weighted by atomic mass is 32.1. The maximum Gasteiger partial charge on any atom is 0.0562 e. The Balaban J connectivity index is 1.35. The Kier molecular flexibility index (Phi) is 5.19. The highest BCUT2D eigenvalue weighted by molar-refractivity contribution is 7.25. The molecular weight excluding hydrogens is 565 g/mol. The lowest BCUT2D eigenvalue weighted by atomic mass is 9.95. The topological polar surface area (TPSA) is 9.86 Å². The van der Waals surface area contributed by atoms with Crippen molar-refractivity contribution in [2.24, 2.45) is 0 Å². The molecule has 0 amide bonds. The molecule has 0 atom stereocenters. The molecular formula is C42H26N2S. The third kappa shape index (κ3) is 3.44. The van der Waals surface area contributed by atoms with Gasteiger partial charge < -0.3 is 9.13 Å². The number of aromatic nitrogens is 2. The molecule has 0 radical (unpaired) electrons. The SMILES string of the molecule is c1ccc(-n2c3ccccc3c3c(-n4c5ccccc5c5c(-c6cccc7sc8ccccc8c67)cccc54)cccc32)cc1. The Morgan fingerprint density at radius 3 is 1.67 bits per heavy atom. The lowest BCUT2D eigenvalue weighted by Gasteiger charge is -2.12. The highest BCUT2D eigenvalue weighted by Gasteiger charge is 2.21. The van der Waals surface area contributed by atoms with Crippen LogP contribution in [0.25, 0.3) is 86.3 Å². The van der Waals surface area contributed by atoms with E-state index < -0.39 is 0 Å². The van der Waals surface area contributed by atoms with Gasteiger partial charge in [-0.2, -0.15) is 0 Å². The standard InChI is InChI=1S/C42H26N2S/c1-2-13-27(14-3-1)43-33-20-7-5-16-31(33)42-36(43)23-12-24-37(42)44-34-21-8-4-15-30(34)40-28(18-10-22-35(40)44)29-19-11-26-39-41(29)32-17-6-9-25-38(32)45-39/h1-26H. The number of nitrogens with zero attached hydrogens (tertiary/aromatic N) is 2. The van der Waals surface area contributed by atoms with Crippen LogP contribution in [0.4, 0.5) is 0 Å². The molecule has 0 aliphatic carbocycles. The molecule has 0 fully saturated rings. The molecule has 3 heterocycles. The molecule has 0 spiro atoms. The van der Waals surface area contributed by atoms with Crippen LogP contribution in [0.5, 0.6) is 0 Å². The second-order valence-electron chi connectivity index (χ2n) is 11.7. The molecule has 7 aromatic carbocycles. The molecule has 2 nitrogen and oxygen atoms in total. The zero-order valence-corrected chi connectivity index (χ0v) is 25.1. The first-order valence-electron chi connectivity index (χ1n) is 15.4. The molecule has 0 aliphatic rings. The van der Waals surface area contributed by atoms with E-state index in [0.29, 0.717) is 0 Å². The maximum atomic E-state index is 2.49. The van der Waals surface area contributed by atoms with Crippen LogP contribution in [0.15, 0.2) is 158 Å². The van der Waals surface area contributed by atoms with Gasteiger partial charge in [0.1, 0.15) is 0 Å². The number of rotatable bonds is 3. The number of hydrogen-bond acceptors (Lipinski definition) is 1. The highest BCUT2D eigenvalue weighted by Crippen LogP contribution is 2.45. The minimum Gasteiger partial charge on any atom is -0.309 e. The van der Waals surface area contributed by atoms with Crippen molar-refractivity contribution in [3.05, 3.63) is 158 Å². The summed E-state index contributed by atoms with van der Waals surface area (Å²) in [5.41, 5.74) is 9.77. The van der Waals surface area contributed by atoms with Gasteiger partial charge in [0.15, 0.2) is 0 Å². The fourth-order valence-corrected chi connectivity index (χ4v) is 8.68. The molecule has 3 heteroatoms. The third-order valence-corrected chi connectivity index (χ3v) is 10.5. The Labute approximate surface area is 263 Å². The van der Waals surface area contributed by atoms with Crippen molar-refractivity contribution < 1.29 is 0 Å². The summed E-state index contributed by atoms with van der Waals surface area (Å²) in [6.45, 7) is 0. The van der Waals surface area contributed by atoms with Crippen molar-refractivity contribution in [3.8, 4) is 22.5 Å². The normalized spacial score (nSPS) is 12.0. The van der Waals surface area contributed by atoms with Crippen LogP contribution in [0, 0.1) is 0 Å². The van der Waals surface area contributed by atoms with Crippen molar-refractivity contribution in [3.63, 3.8) is 0 Å². The van der Waals surface area contributed by atoms with Gasteiger partial charge in [0, 0.05) is 47.4 Å². The zero-order chi connectivity index (χ0) is 29.5. The number of fused-ring (bicyclic) bond motifs is 9. The molecule has 0 unspecified atom stereocenters. The Morgan fingerprint density at radius 2 is 0.867 bits per heavy atom. The fraction of sp³-hybridized carbons (Fsp3) is 0. The summed E-state index contributed by atoms with van der Waals surface area (Å²) in [6.07, 6.45) is 0. The maximum absolute atomic E-state index is 2.49. The van der Waals surface area contributed by atoms with E-state index in [1.54, 1.807) is 0 Å². The average Bonchev–Trinajstić information content (AvgIpc) is 3.76. The van der Waals surface area contributed by atoms with Crippen LogP contribution >= 0.6 is 11.3 Å². The second kappa shape index (κ2) is 9.43. The molecule has 0 N–H and O–H groups in total. The Hall–Kier alpha value is -5.64. The van der Waals surface area contributed by atoms with Crippen LogP contribution < -0.4 is 0 Å². The smallest absolute Gasteiger partial charge is 0.0562 e. The van der Waals surface area contributed by atoms with Crippen molar-refractivity contribution in [2.75, 3.05) is 0 Å². The van der Waals surface area contributed by atoms with Gasteiger partial charge in [-0.3, -0.25) is 0 Å². The minimum atomic E-state index is 1.17. The van der Waals surface area contributed by atoms with Crippen LogP contribution in [0.1, 0.15) is 0 Å². The van der Waals surface area contributed by atoms with Crippen LogP contribution in [0.3, 0.4) is 0 Å². The Morgan fingerprint density at radius 1 is 0.333 bits per heavy atom. The second-order valence-corrected chi connectivity index (χ2v) is 12.8. The van der Waals surface area contributed by atoms with Crippen molar-refractivity contribution >= 4 is 75.1 Å². The molecule has 45 heavy (non-hydrogen) atoms. The Bertz CT molecular complexity index is 2760. The number of para-hydroxylation sites is 3. The van der Waals surface area contributed by atoms with E-state index in [1.165, 1.54) is 86.3 Å². The van der Waals surface area contributed by atoms with Gasteiger partial charge in [0.2, 0.25) is 0 Å². The van der Waals surface area contributed by atoms with Gasteiger partial charge in [-0.1, -0.05) is 103 Å². The zero-order valence-electron chi connectivity index (χ0n) is 24.3. The van der Waals surface area contributed by atoms with Crippen molar-refractivity contribution in [1.82, 2.24) is 9.13 Å². The average molecular weight is 591 g/mol. The first-order valence-corrected chi connectivity index (χ1v) is 16.2. The van der Waals surface area contributed by atoms with Gasteiger partial charge in [0.25, 0.3) is 0 Å². The summed E-state index contributed by atoms with van der Waals surface area (Å²) in [4.78, 5) is 0. The first-order chi connectivity index (χ1) is 22.4. The van der Waals surface area contributed by atoms with Gasteiger partial charge in [-0.25, -0.2) is 0 Å². The van der Waals surface area contributed by atoms with Gasteiger partial charge in [-0.05, 0) is 65.7 Å².